The number of hydrogen-bond acceptors (Lipinski definition) is 18. The molecule has 19 atom stereocenters. The van der Waals surface area contributed by atoms with E-state index in [4.69, 9.17) is 38.9 Å². The van der Waals surface area contributed by atoms with E-state index in [1.54, 1.807) is 72.0 Å². The van der Waals surface area contributed by atoms with Crippen molar-refractivity contribution in [3.8, 4) is 0 Å². The number of cyclic esters (lactones) is 1. The number of aromatic nitrogens is 3. The molecular weight excluding hydrogens is 912 g/mol. The van der Waals surface area contributed by atoms with Crippen LogP contribution in [0.5, 0.6) is 0 Å². The first kappa shape index (κ1) is 57.9. The van der Waals surface area contributed by atoms with Gasteiger partial charge in [0.05, 0.1) is 47.2 Å². The van der Waals surface area contributed by atoms with Gasteiger partial charge in [0.15, 0.2) is 12.6 Å². The number of methoxy groups -OCH3 is 2. The molecule has 7 N–H and O–H groups in total. The van der Waals surface area contributed by atoms with Gasteiger partial charge in [-0.15, -0.1) is 5.10 Å². The highest BCUT2D eigenvalue weighted by atomic mass is 19.1. The monoisotopic (exact) mass is 997 g/mol. The van der Waals surface area contributed by atoms with E-state index in [1.165, 1.54) is 25.8 Å². The third-order valence-corrected chi connectivity index (χ3v) is 15.4. The van der Waals surface area contributed by atoms with E-state index in [1.807, 2.05) is 37.7 Å². The number of nitrogens with zero attached hydrogens (tertiary/aromatic N) is 5. The molecule has 400 valence electrons. The minimum absolute atomic E-state index is 0.0922. The number of carbonyl (C=O) groups excluding carboxylic acids is 1. The van der Waals surface area contributed by atoms with Gasteiger partial charge in [-0.3, -0.25) is 4.79 Å². The van der Waals surface area contributed by atoms with Gasteiger partial charge in [0, 0.05) is 70.5 Å². The van der Waals surface area contributed by atoms with Crippen molar-refractivity contribution < 1.29 is 67.9 Å². The summed E-state index contributed by atoms with van der Waals surface area (Å²) in [6, 6.07) is 5.21. The molecule has 0 amide bonds. The van der Waals surface area contributed by atoms with Crippen LogP contribution in [0, 0.1) is 11.8 Å². The van der Waals surface area contributed by atoms with Gasteiger partial charge in [-0.05, 0) is 105 Å². The van der Waals surface area contributed by atoms with Gasteiger partial charge in [-0.1, -0.05) is 31.2 Å². The molecule has 0 unspecified atom stereocenters. The highest BCUT2D eigenvalue weighted by Gasteiger charge is 2.51. The molecular formula is C50H85FN6O13. The first-order chi connectivity index (χ1) is 32.8. The van der Waals surface area contributed by atoms with Crippen LogP contribution in [-0.4, -0.2) is 195 Å². The zero-order chi connectivity index (χ0) is 52.0. The molecule has 19 nitrogen and oxygen atoms in total. The fourth-order valence-corrected chi connectivity index (χ4v) is 10.6. The first-order valence-electron chi connectivity index (χ1n) is 24.9. The third kappa shape index (κ3) is 13.6. The Morgan fingerprint density at radius 1 is 0.986 bits per heavy atom. The molecule has 3 fully saturated rings. The van der Waals surface area contributed by atoms with Crippen molar-refractivity contribution in [3.05, 3.63) is 41.7 Å². The number of esters is 1. The number of halogens is 1. The van der Waals surface area contributed by atoms with Crippen molar-refractivity contribution in [3.63, 3.8) is 0 Å². The number of hydrogen-bond donors (Lipinski definition) is 6. The van der Waals surface area contributed by atoms with Crippen LogP contribution in [0.3, 0.4) is 0 Å². The number of aliphatic hydroxyl groups excluding tert-OH is 3. The average molecular weight is 997 g/mol. The Morgan fingerprint density at radius 3 is 2.27 bits per heavy atom. The minimum Gasteiger partial charge on any atom is -0.459 e. The zero-order valence-corrected chi connectivity index (χ0v) is 43.7. The lowest BCUT2D eigenvalue weighted by Gasteiger charge is -2.47. The summed E-state index contributed by atoms with van der Waals surface area (Å²) in [7, 11) is 6.71. The second-order valence-corrected chi connectivity index (χ2v) is 21.2. The number of nitrogen functional groups attached to an aromatic ring is 1. The summed E-state index contributed by atoms with van der Waals surface area (Å²) in [5, 5.41) is 67.9. The fourth-order valence-electron chi connectivity index (χ4n) is 10.6. The maximum Gasteiger partial charge on any atom is 0.311 e. The second-order valence-electron chi connectivity index (χ2n) is 21.2. The lowest BCUT2D eigenvalue weighted by Crippen LogP contribution is -2.59. The largest absolute Gasteiger partial charge is 0.459 e. The predicted molar refractivity (Wildman–Crippen MR) is 258 cm³/mol. The van der Waals surface area contributed by atoms with Gasteiger partial charge >= 0.3 is 5.97 Å². The van der Waals surface area contributed by atoms with Crippen LogP contribution in [0.25, 0.3) is 0 Å². The molecule has 5 rings (SSSR count). The topological polar surface area (TPSA) is 246 Å². The van der Waals surface area contributed by atoms with E-state index in [9.17, 15) is 34.7 Å². The minimum atomic E-state index is -1.84. The predicted octanol–water partition coefficient (Wildman–Crippen LogP) is 3.34. The van der Waals surface area contributed by atoms with Crippen LogP contribution < -0.4 is 5.73 Å². The molecule has 4 heterocycles. The molecule has 0 saturated carbocycles. The number of nitrogens with two attached hydrogens (primary N) is 1. The van der Waals surface area contributed by atoms with Crippen molar-refractivity contribution in [1.82, 2.24) is 24.8 Å². The van der Waals surface area contributed by atoms with Gasteiger partial charge in [-0.2, -0.15) is 0 Å². The summed E-state index contributed by atoms with van der Waals surface area (Å²) in [4.78, 5) is 18.2. The fraction of sp³-hybridized carbons (Fsp3) is 0.820. The van der Waals surface area contributed by atoms with Gasteiger partial charge in [0.1, 0.15) is 48.8 Å². The first-order valence-corrected chi connectivity index (χ1v) is 24.9. The molecule has 0 spiro atoms. The molecule has 3 saturated heterocycles. The molecule has 1 aromatic heterocycles. The smallest absolute Gasteiger partial charge is 0.311 e. The Labute approximate surface area is 414 Å². The normalized spacial score (nSPS) is 39.7. The Morgan fingerprint density at radius 2 is 1.66 bits per heavy atom. The quantitative estimate of drug-likeness (QED) is 0.111. The molecule has 70 heavy (non-hydrogen) atoms. The average Bonchev–Trinajstić information content (AvgIpc) is 3.78. The van der Waals surface area contributed by atoms with Crippen LogP contribution in [-0.2, 0) is 44.4 Å². The van der Waals surface area contributed by atoms with E-state index in [2.05, 4.69) is 10.3 Å². The number of carbonyl (C=O) groups is 1. The Kier molecular flexibility index (Phi) is 20.2. The van der Waals surface area contributed by atoms with Crippen LogP contribution in [0.4, 0.5) is 10.1 Å². The number of alkyl halides is 1. The van der Waals surface area contributed by atoms with Crippen LogP contribution in [0.2, 0.25) is 0 Å². The van der Waals surface area contributed by atoms with E-state index in [0.29, 0.717) is 37.3 Å². The highest BCUT2D eigenvalue weighted by molar-refractivity contribution is 5.73. The van der Waals surface area contributed by atoms with Crippen molar-refractivity contribution in [2.24, 2.45) is 11.8 Å². The lowest BCUT2D eigenvalue weighted by atomic mass is 9.83. The van der Waals surface area contributed by atoms with Crippen LogP contribution in [0.15, 0.2) is 30.5 Å². The summed E-state index contributed by atoms with van der Waals surface area (Å²) in [6.45, 7) is 15.7. The van der Waals surface area contributed by atoms with E-state index < -0.39 is 121 Å². The summed E-state index contributed by atoms with van der Waals surface area (Å²) in [5.74, 6) is -1.99. The van der Waals surface area contributed by atoms with Crippen LogP contribution >= 0.6 is 0 Å². The SMILES string of the molecule is CC[C@H]1OC(=O)[C@H](C)[C@@H](O[C@H]2C[C@@](C)(OC)[C@@H](O)[C@H](C)O2)C[C@@H](O[C@@H]2O[C@H](C)C[C@H](N(C)CCc3cn([C@H](CF)[C@H](OC)c4ccc(N)cc4)nn3)[C@H]2O)[C@](C)(O)C[C@@H](C)CN(C)[C@H](C)[C@@H](O)[C@]1(C)O. The van der Waals surface area contributed by atoms with Crippen molar-refractivity contribution in [1.29, 1.82) is 0 Å². The van der Waals surface area contributed by atoms with Gasteiger partial charge < -0.3 is 74.2 Å². The van der Waals surface area contributed by atoms with Crippen molar-refractivity contribution >= 4 is 11.7 Å². The van der Waals surface area contributed by atoms with E-state index in [0.717, 1.165) is 5.56 Å². The van der Waals surface area contributed by atoms with Crippen molar-refractivity contribution in [2.45, 2.75) is 203 Å². The summed E-state index contributed by atoms with van der Waals surface area (Å²) in [5.41, 5.74) is 3.28. The summed E-state index contributed by atoms with van der Waals surface area (Å²) >= 11 is 0. The number of benzene rings is 1. The number of anilines is 1. The highest BCUT2D eigenvalue weighted by Crippen LogP contribution is 2.39. The lowest BCUT2D eigenvalue weighted by molar-refractivity contribution is -0.308. The Balaban J connectivity index is 1.42. The standard InChI is InChI=1S/C50H85FN6O13/c1-14-39-50(9,63)44(59)31(5)56(11)26-28(2)23-48(7,62)40(22-38(30(4)46(61)69-39)68-41-24-49(8,65-13)45(60)32(6)67-41)70-47-42(58)36(21-29(3)66-47)55(10)20-19-35-27-57(54-53-35)37(25-51)43(64-12)33-15-17-34(52)18-16-33/h15-18,27-32,36-45,47,58-60,62-63H,14,19-26,52H2,1-13H3/t28-,29-,30-,31-,32+,36+,37-,38+,39-,40-,41+,42-,43-,44-,45+,47+,48-,49-,50-/m1/s1. The van der Waals surface area contributed by atoms with Crippen LogP contribution in [0.1, 0.15) is 118 Å². The van der Waals surface area contributed by atoms with Gasteiger partial charge in [-0.25, -0.2) is 9.07 Å². The maximum absolute atomic E-state index is 14.6. The molecule has 20 heteroatoms. The zero-order valence-electron chi connectivity index (χ0n) is 43.7. The van der Waals surface area contributed by atoms with Crippen molar-refractivity contribution in [2.75, 3.05) is 53.8 Å². The number of rotatable bonds is 15. The molecule has 3 aliphatic rings. The Bertz CT molecular complexity index is 1930. The molecule has 0 radical (unpaired) electrons. The van der Waals surface area contributed by atoms with E-state index in [-0.39, 0.29) is 31.6 Å². The van der Waals surface area contributed by atoms with Gasteiger partial charge in [0.25, 0.3) is 0 Å². The molecule has 0 aliphatic carbocycles. The molecule has 0 bridgehead atoms. The molecule has 3 aliphatic heterocycles. The second kappa shape index (κ2) is 24.4. The number of likely N-dealkylation sites (N-methyl/N-ethyl adjacent to an activating group) is 2. The summed E-state index contributed by atoms with van der Waals surface area (Å²) < 4.78 is 59.6. The van der Waals surface area contributed by atoms with Gasteiger partial charge in [0.2, 0.25) is 0 Å². The maximum atomic E-state index is 14.6. The number of aliphatic hydroxyl groups is 5. The number of ether oxygens (including phenoxy) is 7. The molecule has 2 aromatic rings. The molecule has 1 aromatic carbocycles. The summed E-state index contributed by atoms with van der Waals surface area (Å²) in [6.07, 6.45) is -7.90. The van der Waals surface area contributed by atoms with E-state index >= 15 is 0 Å². The third-order valence-electron chi connectivity index (χ3n) is 15.4. The Hall–Kier alpha value is -2.96.